The summed E-state index contributed by atoms with van der Waals surface area (Å²) in [6, 6.07) is 0. The minimum absolute atomic E-state index is 0.149. The Balaban J connectivity index is 1.84. The summed E-state index contributed by atoms with van der Waals surface area (Å²) in [5.41, 5.74) is 6.44. The molecule has 0 fully saturated rings. The number of fused-ring (bicyclic) bond motifs is 1. The summed E-state index contributed by atoms with van der Waals surface area (Å²) in [6.07, 6.45) is 5.69. The minimum Gasteiger partial charge on any atom is -0.375 e. The Morgan fingerprint density at radius 1 is 1.55 bits per heavy atom. The quantitative estimate of drug-likeness (QED) is 0.906. The Labute approximate surface area is 121 Å². The van der Waals surface area contributed by atoms with E-state index in [0.717, 1.165) is 43.1 Å². The summed E-state index contributed by atoms with van der Waals surface area (Å²) in [6.45, 7) is 2.88. The predicted octanol–water partition coefficient (Wildman–Crippen LogP) is 2.07. The molecule has 20 heavy (non-hydrogen) atoms. The maximum absolute atomic E-state index is 12.4. The molecule has 1 aliphatic rings. The number of hydrogen-bond acceptors (Lipinski definition) is 5. The van der Waals surface area contributed by atoms with Crippen LogP contribution in [0.15, 0.2) is 6.20 Å². The van der Waals surface area contributed by atoms with Gasteiger partial charge in [-0.3, -0.25) is 4.79 Å². The van der Waals surface area contributed by atoms with Crippen LogP contribution in [0.2, 0.25) is 0 Å². The molecule has 2 aromatic heterocycles. The van der Waals surface area contributed by atoms with Gasteiger partial charge in [0.25, 0.3) is 5.91 Å². The third-order valence-corrected chi connectivity index (χ3v) is 4.39. The monoisotopic (exact) mass is 291 g/mol. The molecule has 106 valence electrons. The van der Waals surface area contributed by atoms with Crippen LogP contribution in [0.1, 0.15) is 41.0 Å². The SMILES string of the molecule is CCc1nc(N)sc1C(=O)Nc1cnc2n1CCCC2. The number of imidazole rings is 1. The molecule has 0 radical (unpaired) electrons. The number of nitrogen functional groups attached to an aromatic ring is 1. The largest absolute Gasteiger partial charge is 0.375 e. The highest BCUT2D eigenvalue weighted by atomic mass is 32.1. The molecular weight excluding hydrogens is 274 g/mol. The topological polar surface area (TPSA) is 85.8 Å². The second-order valence-electron chi connectivity index (χ2n) is 4.80. The van der Waals surface area contributed by atoms with E-state index in [1.165, 1.54) is 11.3 Å². The number of thiazole rings is 1. The zero-order valence-electron chi connectivity index (χ0n) is 11.3. The molecule has 1 aliphatic heterocycles. The first-order valence-corrected chi connectivity index (χ1v) is 7.61. The number of amides is 1. The first-order valence-electron chi connectivity index (χ1n) is 6.80. The van der Waals surface area contributed by atoms with Gasteiger partial charge in [0.2, 0.25) is 0 Å². The van der Waals surface area contributed by atoms with Gasteiger partial charge in [-0.1, -0.05) is 18.3 Å². The lowest BCUT2D eigenvalue weighted by Gasteiger charge is -2.16. The standard InChI is InChI=1S/C13H17N5OS/c1-2-8-11(20-13(14)16-8)12(19)17-10-7-15-9-5-3-4-6-18(9)10/h7H,2-6H2,1H3,(H2,14,16)(H,17,19). The van der Waals surface area contributed by atoms with Gasteiger partial charge in [-0.15, -0.1) is 0 Å². The molecule has 0 saturated heterocycles. The van der Waals surface area contributed by atoms with E-state index < -0.39 is 0 Å². The molecule has 6 nitrogen and oxygen atoms in total. The number of rotatable bonds is 3. The van der Waals surface area contributed by atoms with Crippen LogP contribution in [0.5, 0.6) is 0 Å². The van der Waals surface area contributed by atoms with Crippen LogP contribution < -0.4 is 11.1 Å². The molecule has 0 bridgehead atoms. The van der Waals surface area contributed by atoms with Crippen molar-refractivity contribution in [1.82, 2.24) is 14.5 Å². The second-order valence-corrected chi connectivity index (χ2v) is 5.83. The summed E-state index contributed by atoms with van der Waals surface area (Å²) in [7, 11) is 0. The zero-order chi connectivity index (χ0) is 14.1. The van der Waals surface area contributed by atoms with E-state index in [1.807, 2.05) is 6.92 Å². The van der Waals surface area contributed by atoms with Crippen LogP contribution in [-0.2, 0) is 19.4 Å². The van der Waals surface area contributed by atoms with Crippen molar-refractivity contribution in [3.8, 4) is 0 Å². The third-order valence-electron chi connectivity index (χ3n) is 3.47. The van der Waals surface area contributed by atoms with Crippen molar-refractivity contribution >= 4 is 28.2 Å². The van der Waals surface area contributed by atoms with Crippen molar-refractivity contribution in [3.05, 3.63) is 22.6 Å². The molecule has 2 aromatic rings. The third kappa shape index (κ3) is 2.29. The highest BCUT2D eigenvalue weighted by Crippen LogP contribution is 2.24. The van der Waals surface area contributed by atoms with Crippen LogP contribution in [0.4, 0.5) is 10.9 Å². The highest BCUT2D eigenvalue weighted by molar-refractivity contribution is 7.17. The molecular formula is C13H17N5OS. The molecule has 0 aliphatic carbocycles. The molecule has 3 N–H and O–H groups in total. The van der Waals surface area contributed by atoms with Gasteiger partial charge in [0, 0.05) is 13.0 Å². The van der Waals surface area contributed by atoms with Crippen LogP contribution >= 0.6 is 11.3 Å². The smallest absolute Gasteiger partial charge is 0.268 e. The van der Waals surface area contributed by atoms with Gasteiger partial charge >= 0.3 is 0 Å². The van der Waals surface area contributed by atoms with Crippen LogP contribution in [0.25, 0.3) is 0 Å². The number of aryl methyl sites for hydroxylation is 2. The molecule has 3 heterocycles. The van der Waals surface area contributed by atoms with Gasteiger partial charge in [0.05, 0.1) is 11.9 Å². The molecule has 0 saturated carbocycles. The minimum atomic E-state index is -0.149. The Bertz CT molecular complexity index is 645. The fourth-order valence-corrected chi connectivity index (χ4v) is 3.29. The van der Waals surface area contributed by atoms with Gasteiger partial charge in [-0.05, 0) is 19.3 Å². The molecule has 0 aromatic carbocycles. The van der Waals surface area contributed by atoms with E-state index >= 15 is 0 Å². The van der Waals surface area contributed by atoms with Crippen molar-refractivity contribution in [2.24, 2.45) is 0 Å². The van der Waals surface area contributed by atoms with Crippen molar-refractivity contribution in [2.45, 2.75) is 39.2 Å². The number of carbonyl (C=O) groups excluding carboxylic acids is 1. The summed E-state index contributed by atoms with van der Waals surface area (Å²) >= 11 is 1.23. The Morgan fingerprint density at radius 2 is 2.40 bits per heavy atom. The lowest BCUT2D eigenvalue weighted by atomic mass is 10.2. The normalized spacial score (nSPS) is 14.1. The number of nitrogens with two attached hydrogens (primary N) is 1. The van der Waals surface area contributed by atoms with Crippen molar-refractivity contribution in [1.29, 1.82) is 0 Å². The lowest BCUT2D eigenvalue weighted by Crippen LogP contribution is -2.18. The molecule has 3 rings (SSSR count). The fraction of sp³-hybridized carbons (Fsp3) is 0.462. The van der Waals surface area contributed by atoms with E-state index in [9.17, 15) is 4.79 Å². The second kappa shape index (κ2) is 5.24. The van der Waals surface area contributed by atoms with Crippen molar-refractivity contribution in [2.75, 3.05) is 11.1 Å². The first-order chi connectivity index (χ1) is 9.69. The number of hydrogen-bond donors (Lipinski definition) is 2. The Morgan fingerprint density at radius 3 is 3.20 bits per heavy atom. The van der Waals surface area contributed by atoms with Crippen molar-refractivity contribution in [3.63, 3.8) is 0 Å². The molecule has 0 atom stereocenters. The number of aromatic nitrogens is 3. The Kier molecular flexibility index (Phi) is 3.43. The first kappa shape index (κ1) is 13.1. The van der Waals surface area contributed by atoms with E-state index in [-0.39, 0.29) is 5.91 Å². The van der Waals surface area contributed by atoms with Crippen molar-refractivity contribution < 1.29 is 4.79 Å². The maximum atomic E-state index is 12.4. The van der Waals surface area contributed by atoms with Crippen LogP contribution in [-0.4, -0.2) is 20.4 Å². The number of nitrogens with one attached hydrogen (secondary N) is 1. The molecule has 1 amide bonds. The fourth-order valence-electron chi connectivity index (χ4n) is 2.48. The van der Waals surface area contributed by atoms with Gasteiger partial charge < -0.3 is 15.6 Å². The lowest BCUT2D eigenvalue weighted by molar-refractivity contribution is 0.102. The van der Waals surface area contributed by atoms with E-state index in [0.29, 0.717) is 16.4 Å². The van der Waals surface area contributed by atoms with Gasteiger partial charge in [0.1, 0.15) is 16.5 Å². The molecule has 7 heteroatoms. The number of nitrogens with zero attached hydrogens (tertiary/aromatic N) is 3. The zero-order valence-corrected chi connectivity index (χ0v) is 12.2. The Hall–Kier alpha value is -1.89. The summed E-state index contributed by atoms with van der Waals surface area (Å²) in [4.78, 5) is 21.5. The maximum Gasteiger partial charge on any atom is 0.268 e. The molecule has 0 unspecified atom stereocenters. The average Bonchev–Trinajstić information content (AvgIpc) is 3.03. The summed E-state index contributed by atoms with van der Waals surface area (Å²) in [5.74, 6) is 1.66. The van der Waals surface area contributed by atoms with E-state index in [4.69, 9.17) is 5.73 Å². The number of anilines is 2. The van der Waals surface area contributed by atoms with E-state index in [2.05, 4.69) is 19.9 Å². The predicted molar refractivity (Wildman–Crippen MR) is 79.0 cm³/mol. The molecule has 0 spiro atoms. The highest BCUT2D eigenvalue weighted by Gasteiger charge is 2.19. The van der Waals surface area contributed by atoms with Crippen LogP contribution in [0, 0.1) is 0 Å². The summed E-state index contributed by atoms with van der Waals surface area (Å²) < 4.78 is 2.08. The van der Waals surface area contributed by atoms with Crippen LogP contribution in [0.3, 0.4) is 0 Å². The number of carbonyl (C=O) groups is 1. The van der Waals surface area contributed by atoms with Gasteiger partial charge in [-0.2, -0.15) is 0 Å². The van der Waals surface area contributed by atoms with Gasteiger partial charge in [-0.25, -0.2) is 9.97 Å². The van der Waals surface area contributed by atoms with Gasteiger partial charge in [0.15, 0.2) is 5.13 Å². The summed E-state index contributed by atoms with van der Waals surface area (Å²) in [5, 5.41) is 3.36. The van der Waals surface area contributed by atoms with E-state index in [1.54, 1.807) is 6.20 Å². The average molecular weight is 291 g/mol.